The monoisotopic (exact) mass is 363 g/mol. The van der Waals surface area contributed by atoms with E-state index in [4.69, 9.17) is 9.47 Å². The van der Waals surface area contributed by atoms with Gasteiger partial charge in [-0.25, -0.2) is 8.42 Å². The minimum Gasteiger partial charge on any atom is -0.493 e. The number of aromatic nitrogens is 1. The van der Waals surface area contributed by atoms with Crippen molar-refractivity contribution in [3.05, 3.63) is 42.7 Å². The molecule has 0 bridgehead atoms. The Labute approximate surface area is 147 Å². The highest BCUT2D eigenvalue weighted by molar-refractivity contribution is 7.89. The summed E-state index contributed by atoms with van der Waals surface area (Å²) in [5, 5.41) is 0. The van der Waals surface area contributed by atoms with Gasteiger partial charge in [-0.05, 0) is 24.3 Å². The Morgan fingerprint density at radius 2 is 1.56 bits per heavy atom. The first kappa shape index (κ1) is 17.5. The number of methoxy groups -OCH3 is 2. The molecule has 2 aromatic rings. The lowest BCUT2D eigenvalue weighted by Gasteiger charge is -2.35. The average molecular weight is 363 g/mol. The summed E-state index contributed by atoms with van der Waals surface area (Å²) in [6, 6.07) is 8.52. The number of piperazine rings is 1. The molecule has 0 unspecified atom stereocenters. The molecule has 0 amide bonds. The van der Waals surface area contributed by atoms with Crippen LogP contribution in [0, 0.1) is 0 Å². The number of rotatable bonds is 5. The van der Waals surface area contributed by atoms with E-state index < -0.39 is 10.0 Å². The molecule has 0 N–H and O–H groups in total. The second kappa shape index (κ2) is 7.28. The molecule has 0 aliphatic carbocycles. The molecule has 0 atom stereocenters. The van der Waals surface area contributed by atoms with Crippen molar-refractivity contribution in [2.75, 3.05) is 45.3 Å². The summed E-state index contributed by atoms with van der Waals surface area (Å²) in [6.45, 7) is 2.13. The molecule has 8 heteroatoms. The zero-order valence-corrected chi connectivity index (χ0v) is 15.1. The highest BCUT2D eigenvalue weighted by Gasteiger charge is 2.29. The number of hydrogen-bond donors (Lipinski definition) is 0. The maximum absolute atomic E-state index is 12.9. The summed E-state index contributed by atoms with van der Waals surface area (Å²) in [4.78, 5) is 6.38. The van der Waals surface area contributed by atoms with Gasteiger partial charge in [0.15, 0.2) is 11.5 Å². The fraction of sp³-hybridized carbons (Fsp3) is 0.353. The van der Waals surface area contributed by atoms with Crippen LogP contribution in [0.25, 0.3) is 0 Å². The summed E-state index contributed by atoms with van der Waals surface area (Å²) >= 11 is 0. The van der Waals surface area contributed by atoms with E-state index in [1.807, 2.05) is 12.1 Å². The van der Waals surface area contributed by atoms with Crippen molar-refractivity contribution >= 4 is 15.7 Å². The van der Waals surface area contributed by atoms with Gasteiger partial charge in [0.05, 0.1) is 19.1 Å². The summed E-state index contributed by atoms with van der Waals surface area (Å²) in [5.41, 5.74) is 1.05. The zero-order valence-electron chi connectivity index (χ0n) is 14.3. The van der Waals surface area contributed by atoms with Crippen LogP contribution in [0.15, 0.2) is 47.6 Å². The Balaban J connectivity index is 1.76. The van der Waals surface area contributed by atoms with Crippen molar-refractivity contribution in [1.82, 2.24) is 9.29 Å². The summed E-state index contributed by atoms with van der Waals surface area (Å²) in [5.74, 6) is 0.906. The molecule has 3 rings (SSSR count). The lowest BCUT2D eigenvalue weighted by atomic mass is 10.3. The SMILES string of the molecule is COc1ccc(S(=O)(=O)N2CCN(c3ccncc3)CC2)cc1OC. The van der Waals surface area contributed by atoms with E-state index in [0.29, 0.717) is 37.7 Å². The molecule has 2 heterocycles. The average Bonchev–Trinajstić information content (AvgIpc) is 2.68. The van der Waals surface area contributed by atoms with Crippen molar-refractivity contribution in [3.8, 4) is 11.5 Å². The molecule has 1 aliphatic rings. The normalized spacial score (nSPS) is 15.8. The van der Waals surface area contributed by atoms with Crippen molar-refractivity contribution < 1.29 is 17.9 Å². The Morgan fingerprint density at radius 1 is 0.920 bits per heavy atom. The van der Waals surface area contributed by atoms with Gasteiger partial charge in [-0.2, -0.15) is 4.31 Å². The Bertz CT molecular complexity index is 819. The molecule has 0 saturated carbocycles. The number of benzene rings is 1. The summed E-state index contributed by atoms with van der Waals surface area (Å²) in [7, 11) is -0.560. The molecule has 1 aromatic heterocycles. The van der Waals surface area contributed by atoms with Gasteiger partial charge >= 0.3 is 0 Å². The minimum atomic E-state index is -3.57. The van der Waals surface area contributed by atoms with Gasteiger partial charge < -0.3 is 14.4 Å². The predicted molar refractivity (Wildman–Crippen MR) is 94.8 cm³/mol. The zero-order chi connectivity index (χ0) is 17.9. The topological polar surface area (TPSA) is 72.0 Å². The van der Waals surface area contributed by atoms with Crippen molar-refractivity contribution in [3.63, 3.8) is 0 Å². The molecular formula is C17H21N3O4S. The summed E-state index contributed by atoms with van der Waals surface area (Å²) < 4.78 is 37.7. The molecule has 1 aromatic carbocycles. The molecule has 1 saturated heterocycles. The van der Waals surface area contributed by atoms with Gasteiger partial charge in [0.2, 0.25) is 10.0 Å². The standard InChI is InChI=1S/C17H21N3O4S/c1-23-16-4-3-15(13-17(16)24-2)25(21,22)20-11-9-19(10-12-20)14-5-7-18-8-6-14/h3-8,13H,9-12H2,1-2H3. The highest BCUT2D eigenvalue weighted by Crippen LogP contribution is 2.31. The first-order chi connectivity index (χ1) is 12.1. The third-order valence-corrected chi connectivity index (χ3v) is 6.15. The van der Waals surface area contributed by atoms with Crippen LogP contribution in [0.4, 0.5) is 5.69 Å². The third-order valence-electron chi connectivity index (χ3n) is 4.26. The fourth-order valence-corrected chi connectivity index (χ4v) is 4.31. The van der Waals surface area contributed by atoms with E-state index in [9.17, 15) is 8.42 Å². The molecule has 134 valence electrons. The van der Waals surface area contributed by atoms with E-state index in [-0.39, 0.29) is 4.90 Å². The van der Waals surface area contributed by atoms with Gasteiger partial charge in [0.25, 0.3) is 0 Å². The summed E-state index contributed by atoms with van der Waals surface area (Å²) in [6.07, 6.45) is 3.48. The van der Waals surface area contributed by atoms with E-state index in [0.717, 1.165) is 5.69 Å². The quantitative estimate of drug-likeness (QED) is 0.804. The van der Waals surface area contributed by atoms with Crippen molar-refractivity contribution in [1.29, 1.82) is 0 Å². The molecule has 7 nitrogen and oxygen atoms in total. The first-order valence-electron chi connectivity index (χ1n) is 7.93. The van der Waals surface area contributed by atoms with Gasteiger partial charge in [-0.15, -0.1) is 0 Å². The maximum atomic E-state index is 12.9. The smallest absolute Gasteiger partial charge is 0.243 e. The van der Waals surface area contributed by atoms with Gasteiger partial charge in [-0.3, -0.25) is 4.98 Å². The Hall–Kier alpha value is -2.32. The van der Waals surface area contributed by atoms with Crippen LogP contribution in [0.1, 0.15) is 0 Å². The highest BCUT2D eigenvalue weighted by atomic mass is 32.2. The fourth-order valence-electron chi connectivity index (χ4n) is 2.87. The van der Waals surface area contributed by atoms with E-state index in [2.05, 4.69) is 9.88 Å². The van der Waals surface area contributed by atoms with Crippen LogP contribution in [0.5, 0.6) is 11.5 Å². The number of hydrogen-bond acceptors (Lipinski definition) is 6. The van der Waals surface area contributed by atoms with Crippen LogP contribution >= 0.6 is 0 Å². The Kier molecular flexibility index (Phi) is 5.10. The molecule has 1 aliphatic heterocycles. The minimum absolute atomic E-state index is 0.211. The molecular weight excluding hydrogens is 342 g/mol. The number of sulfonamides is 1. The van der Waals surface area contributed by atoms with Crippen LogP contribution in [-0.2, 0) is 10.0 Å². The predicted octanol–water partition coefficient (Wildman–Crippen LogP) is 1.61. The van der Waals surface area contributed by atoms with E-state index in [1.54, 1.807) is 24.5 Å². The third kappa shape index (κ3) is 3.54. The largest absolute Gasteiger partial charge is 0.493 e. The van der Waals surface area contributed by atoms with Gasteiger partial charge in [-0.1, -0.05) is 0 Å². The van der Waals surface area contributed by atoms with Crippen LogP contribution in [0.3, 0.4) is 0 Å². The molecule has 25 heavy (non-hydrogen) atoms. The number of anilines is 1. The van der Waals surface area contributed by atoms with Crippen LogP contribution < -0.4 is 14.4 Å². The second-order valence-corrected chi connectivity index (χ2v) is 7.55. The van der Waals surface area contributed by atoms with E-state index >= 15 is 0 Å². The maximum Gasteiger partial charge on any atom is 0.243 e. The van der Waals surface area contributed by atoms with Gasteiger partial charge in [0, 0.05) is 50.3 Å². The van der Waals surface area contributed by atoms with Crippen molar-refractivity contribution in [2.24, 2.45) is 0 Å². The van der Waals surface area contributed by atoms with E-state index in [1.165, 1.54) is 24.6 Å². The lowest BCUT2D eigenvalue weighted by Crippen LogP contribution is -2.48. The van der Waals surface area contributed by atoms with Crippen molar-refractivity contribution in [2.45, 2.75) is 4.90 Å². The lowest BCUT2D eigenvalue weighted by molar-refractivity contribution is 0.353. The number of ether oxygens (including phenoxy) is 2. The number of pyridine rings is 1. The molecule has 0 spiro atoms. The second-order valence-electron chi connectivity index (χ2n) is 5.61. The molecule has 1 fully saturated rings. The van der Waals surface area contributed by atoms with Crippen LogP contribution in [0.2, 0.25) is 0 Å². The first-order valence-corrected chi connectivity index (χ1v) is 9.37. The Morgan fingerprint density at radius 3 is 2.16 bits per heavy atom. The van der Waals surface area contributed by atoms with Gasteiger partial charge in [0.1, 0.15) is 0 Å². The molecule has 0 radical (unpaired) electrons. The number of nitrogens with zero attached hydrogens (tertiary/aromatic N) is 3. The van der Waals surface area contributed by atoms with Crippen LogP contribution in [-0.4, -0.2) is 58.1 Å².